The highest BCUT2D eigenvalue weighted by molar-refractivity contribution is 6.00. The van der Waals surface area contributed by atoms with Gasteiger partial charge in [0, 0.05) is 43.9 Å². The molecule has 3 amide bonds. The van der Waals surface area contributed by atoms with Crippen LogP contribution in [0, 0.1) is 5.92 Å². The first-order valence-corrected chi connectivity index (χ1v) is 9.29. The van der Waals surface area contributed by atoms with Gasteiger partial charge in [-0.1, -0.05) is 6.07 Å². The molecule has 150 valence electrons. The number of hydrogen-bond acceptors (Lipinski definition) is 6. The van der Waals surface area contributed by atoms with Crippen LogP contribution in [0.3, 0.4) is 0 Å². The number of pyridine rings is 1. The highest BCUT2D eigenvalue weighted by atomic mass is 16.7. The van der Waals surface area contributed by atoms with Crippen molar-refractivity contribution in [3.8, 4) is 11.5 Å². The van der Waals surface area contributed by atoms with Gasteiger partial charge in [0.15, 0.2) is 11.5 Å². The maximum Gasteiger partial charge on any atom is 0.231 e. The van der Waals surface area contributed by atoms with E-state index in [0.29, 0.717) is 23.0 Å². The van der Waals surface area contributed by atoms with Gasteiger partial charge in [-0.25, -0.2) is 4.98 Å². The van der Waals surface area contributed by atoms with E-state index in [4.69, 9.17) is 9.47 Å². The molecule has 1 atom stereocenters. The Bertz CT molecular complexity index is 934. The molecule has 2 aliphatic heterocycles. The molecule has 1 aromatic heterocycles. The number of hydrogen-bond donors (Lipinski definition) is 2. The van der Waals surface area contributed by atoms with Crippen LogP contribution in [0.4, 0.5) is 11.5 Å². The highest BCUT2D eigenvalue weighted by Gasteiger charge is 2.35. The maximum atomic E-state index is 12.4. The molecule has 4 rings (SSSR count). The fourth-order valence-corrected chi connectivity index (χ4v) is 3.27. The summed E-state index contributed by atoms with van der Waals surface area (Å²) in [5, 5.41) is 5.39. The van der Waals surface area contributed by atoms with Crippen LogP contribution in [0.15, 0.2) is 42.6 Å². The first-order chi connectivity index (χ1) is 14.1. The summed E-state index contributed by atoms with van der Waals surface area (Å²) < 4.78 is 10.6. The SMILES string of the molecule is O=C(CCNC(=O)[C@@H]1CC(=O)N(c2ccc3c(c2)OCO3)C1)Nc1ccccn1. The maximum absolute atomic E-state index is 12.4. The van der Waals surface area contributed by atoms with Crippen LogP contribution in [0.1, 0.15) is 12.8 Å². The molecule has 2 N–H and O–H groups in total. The number of amides is 3. The lowest BCUT2D eigenvalue weighted by atomic mass is 10.1. The standard InChI is InChI=1S/C20H20N4O5/c25-18(23-17-3-1-2-7-21-17)6-8-22-20(27)13-9-19(26)24(11-13)14-4-5-15-16(10-14)29-12-28-15/h1-5,7,10,13H,6,8-9,11-12H2,(H,22,27)(H,21,23,25)/t13-/m1/s1. The quantitative estimate of drug-likeness (QED) is 0.762. The van der Waals surface area contributed by atoms with E-state index in [-0.39, 0.29) is 50.4 Å². The second-order valence-electron chi connectivity index (χ2n) is 6.75. The summed E-state index contributed by atoms with van der Waals surface area (Å²) in [6.45, 7) is 0.627. The zero-order valence-corrected chi connectivity index (χ0v) is 15.6. The van der Waals surface area contributed by atoms with Gasteiger partial charge in [-0.3, -0.25) is 14.4 Å². The Morgan fingerprint density at radius 1 is 1.17 bits per heavy atom. The number of carbonyl (C=O) groups is 3. The zero-order valence-electron chi connectivity index (χ0n) is 15.6. The highest BCUT2D eigenvalue weighted by Crippen LogP contribution is 2.37. The first kappa shape index (κ1) is 18.7. The van der Waals surface area contributed by atoms with Gasteiger partial charge in [-0.15, -0.1) is 0 Å². The fourth-order valence-electron chi connectivity index (χ4n) is 3.27. The summed E-state index contributed by atoms with van der Waals surface area (Å²) in [6, 6.07) is 10.5. The molecule has 0 saturated carbocycles. The normalized spacial score (nSPS) is 17.3. The lowest BCUT2D eigenvalue weighted by Gasteiger charge is -2.17. The van der Waals surface area contributed by atoms with Crippen LogP contribution < -0.4 is 25.0 Å². The number of carbonyl (C=O) groups excluding carboxylic acids is 3. The predicted octanol–water partition coefficient (Wildman–Crippen LogP) is 1.31. The minimum atomic E-state index is -0.466. The Morgan fingerprint density at radius 2 is 2.03 bits per heavy atom. The molecule has 9 heteroatoms. The predicted molar refractivity (Wildman–Crippen MR) is 104 cm³/mol. The average molecular weight is 396 g/mol. The topological polar surface area (TPSA) is 110 Å². The molecule has 2 aromatic rings. The molecule has 29 heavy (non-hydrogen) atoms. The minimum Gasteiger partial charge on any atom is -0.454 e. The molecule has 3 heterocycles. The van der Waals surface area contributed by atoms with Gasteiger partial charge in [0.05, 0.1) is 5.92 Å². The molecule has 0 unspecified atom stereocenters. The van der Waals surface area contributed by atoms with Crippen LogP contribution in [-0.4, -0.2) is 42.6 Å². The molecule has 0 spiro atoms. The van der Waals surface area contributed by atoms with Gasteiger partial charge in [-0.2, -0.15) is 0 Å². The number of rotatable bonds is 6. The zero-order chi connectivity index (χ0) is 20.2. The van der Waals surface area contributed by atoms with Crippen LogP contribution in [0.5, 0.6) is 11.5 Å². The van der Waals surface area contributed by atoms with Gasteiger partial charge >= 0.3 is 0 Å². The Labute approximate surface area is 167 Å². The first-order valence-electron chi connectivity index (χ1n) is 9.29. The van der Waals surface area contributed by atoms with Crippen molar-refractivity contribution >= 4 is 29.2 Å². The van der Waals surface area contributed by atoms with Crippen molar-refractivity contribution < 1.29 is 23.9 Å². The van der Waals surface area contributed by atoms with Crippen LogP contribution >= 0.6 is 0 Å². The number of benzene rings is 1. The third-order valence-electron chi connectivity index (χ3n) is 4.75. The number of ether oxygens (including phenoxy) is 2. The number of fused-ring (bicyclic) bond motifs is 1. The summed E-state index contributed by atoms with van der Waals surface area (Å²) >= 11 is 0. The van der Waals surface area contributed by atoms with Crippen LogP contribution in [-0.2, 0) is 14.4 Å². The van der Waals surface area contributed by atoms with Gasteiger partial charge in [0.2, 0.25) is 24.5 Å². The average Bonchev–Trinajstić information content (AvgIpc) is 3.34. The largest absolute Gasteiger partial charge is 0.454 e. The van der Waals surface area contributed by atoms with Gasteiger partial charge < -0.3 is 25.0 Å². The van der Waals surface area contributed by atoms with E-state index >= 15 is 0 Å². The van der Waals surface area contributed by atoms with E-state index in [1.807, 2.05) is 0 Å². The van der Waals surface area contributed by atoms with Crippen molar-refractivity contribution in [2.75, 3.05) is 30.1 Å². The monoisotopic (exact) mass is 396 g/mol. The molecule has 1 aromatic carbocycles. The molecule has 9 nitrogen and oxygen atoms in total. The van der Waals surface area contributed by atoms with E-state index in [9.17, 15) is 14.4 Å². The third-order valence-corrected chi connectivity index (χ3v) is 4.75. The van der Waals surface area contributed by atoms with Crippen molar-refractivity contribution in [3.63, 3.8) is 0 Å². The lowest BCUT2D eigenvalue weighted by Crippen LogP contribution is -2.34. The molecule has 0 aliphatic carbocycles. The minimum absolute atomic E-state index is 0.120. The molecule has 2 aliphatic rings. The van der Waals surface area contributed by atoms with Gasteiger partial charge in [0.25, 0.3) is 0 Å². The molecule has 1 saturated heterocycles. The van der Waals surface area contributed by atoms with Crippen LogP contribution in [0.2, 0.25) is 0 Å². The van der Waals surface area contributed by atoms with E-state index in [2.05, 4.69) is 15.6 Å². The van der Waals surface area contributed by atoms with E-state index < -0.39 is 5.92 Å². The molecule has 1 fully saturated rings. The number of aromatic nitrogens is 1. The van der Waals surface area contributed by atoms with E-state index in [0.717, 1.165) is 0 Å². The van der Waals surface area contributed by atoms with E-state index in [1.54, 1.807) is 47.5 Å². The summed E-state index contributed by atoms with van der Waals surface area (Å²) in [5.74, 6) is 0.606. The van der Waals surface area contributed by atoms with Crippen LogP contribution in [0.25, 0.3) is 0 Å². The Balaban J connectivity index is 1.26. The summed E-state index contributed by atoms with van der Waals surface area (Å²) in [7, 11) is 0. The Kier molecular flexibility index (Phi) is 5.28. The summed E-state index contributed by atoms with van der Waals surface area (Å²) in [4.78, 5) is 42.3. The molecular weight excluding hydrogens is 376 g/mol. The third kappa shape index (κ3) is 4.29. The fraction of sp³-hybridized carbons (Fsp3) is 0.300. The number of nitrogens with zero attached hydrogens (tertiary/aromatic N) is 2. The van der Waals surface area contributed by atoms with E-state index in [1.165, 1.54) is 0 Å². The Hall–Kier alpha value is -3.62. The van der Waals surface area contributed by atoms with Crippen molar-refractivity contribution in [2.45, 2.75) is 12.8 Å². The number of anilines is 2. The smallest absolute Gasteiger partial charge is 0.231 e. The molecule has 0 bridgehead atoms. The molecule has 0 radical (unpaired) electrons. The van der Waals surface area contributed by atoms with Crippen molar-refractivity contribution in [2.24, 2.45) is 5.92 Å². The lowest BCUT2D eigenvalue weighted by molar-refractivity contribution is -0.126. The summed E-state index contributed by atoms with van der Waals surface area (Å²) in [5.41, 5.74) is 0.671. The second kappa shape index (κ2) is 8.17. The van der Waals surface area contributed by atoms with Crippen molar-refractivity contribution in [1.82, 2.24) is 10.3 Å². The summed E-state index contributed by atoms with van der Waals surface area (Å²) in [6.07, 6.45) is 1.83. The second-order valence-corrected chi connectivity index (χ2v) is 6.75. The van der Waals surface area contributed by atoms with Gasteiger partial charge in [-0.05, 0) is 24.3 Å². The van der Waals surface area contributed by atoms with Crippen molar-refractivity contribution in [1.29, 1.82) is 0 Å². The molecular formula is C20H20N4O5. The van der Waals surface area contributed by atoms with Crippen molar-refractivity contribution in [3.05, 3.63) is 42.6 Å². The Morgan fingerprint density at radius 3 is 2.86 bits per heavy atom. The van der Waals surface area contributed by atoms with Gasteiger partial charge in [0.1, 0.15) is 5.82 Å². The number of nitrogens with one attached hydrogen (secondary N) is 2.